The topological polar surface area (TPSA) is 83.0 Å². The number of aryl methyl sites for hydroxylation is 1. The van der Waals surface area contributed by atoms with E-state index in [0.717, 1.165) is 43.6 Å². The number of alkyl halides is 3. The van der Waals surface area contributed by atoms with E-state index in [0.29, 0.717) is 22.9 Å². The van der Waals surface area contributed by atoms with Gasteiger partial charge in [-0.2, -0.15) is 13.2 Å². The molecule has 7 nitrogen and oxygen atoms in total. The van der Waals surface area contributed by atoms with Crippen LogP contribution in [0.4, 0.5) is 30.5 Å². The predicted octanol–water partition coefficient (Wildman–Crippen LogP) is 7.06. The van der Waals surface area contributed by atoms with Crippen LogP contribution >= 0.6 is 0 Å². The van der Waals surface area contributed by atoms with E-state index >= 15 is 0 Å². The van der Waals surface area contributed by atoms with Gasteiger partial charge in [0.05, 0.1) is 16.9 Å². The predicted molar refractivity (Wildman–Crippen MR) is 153 cm³/mol. The molecule has 2 aromatic heterocycles. The number of aromatic nitrogens is 3. The Kier molecular flexibility index (Phi) is 8.30. The molecule has 3 heterocycles. The van der Waals surface area contributed by atoms with Crippen LogP contribution in [0.15, 0.2) is 73.2 Å². The molecular weight excluding hydrogens is 529 g/mol. The number of pyridine rings is 1. The van der Waals surface area contributed by atoms with Crippen LogP contribution in [-0.4, -0.2) is 45.4 Å². The summed E-state index contributed by atoms with van der Waals surface area (Å²) in [6, 6.07) is 14.6. The van der Waals surface area contributed by atoms with Crippen LogP contribution in [0.3, 0.4) is 0 Å². The molecule has 0 radical (unpaired) electrons. The van der Waals surface area contributed by atoms with Crippen molar-refractivity contribution in [2.45, 2.75) is 38.8 Å². The summed E-state index contributed by atoms with van der Waals surface area (Å²) < 4.78 is 42.3. The Morgan fingerprint density at radius 1 is 1.07 bits per heavy atom. The van der Waals surface area contributed by atoms with Gasteiger partial charge in [0.2, 0.25) is 5.95 Å². The molecule has 0 bridgehead atoms. The van der Waals surface area contributed by atoms with Crippen molar-refractivity contribution < 1.29 is 18.0 Å². The lowest BCUT2D eigenvalue weighted by molar-refractivity contribution is -0.137. The maximum Gasteiger partial charge on any atom is 0.418 e. The highest BCUT2D eigenvalue weighted by atomic mass is 19.4. The number of carbonyl (C=O) groups excluding carboxylic acids is 1. The third-order valence-corrected chi connectivity index (χ3v) is 7.38. The second-order valence-corrected chi connectivity index (χ2v) is 10.2. The summed E-state index contributed by atoms with van der Waals surface area (Å²) in [6.45, 7) is 6.46. The number of halogens is 3. The molecule has 1 atom stereocenters. The molecule has 0 spiro atoms. The number of benzene rings is 2. The van der Waals surface area contributed by atoms with Crippen LogP contribution < -0.4 is 10.6 Å². The summed E-state index contributed by atoms with van der Waals surface area (Å²) in [7, 11) is 0. The average molecular weight is 561 g/mol. The lowest BCUT2D eigenvalue weighted by atomic mass is 9.89. The van der Waals surface area contributed by atoms with Crippen LogP contribution in [0.2, 0.25) is 0 Å². The van der Waals surface area contributed by atoms with Crippen LogP contribution in [0.5, 0.6) is 0 Å². The van der Waals surface area contributed by atoms with E-state index in [9.17, 15) is 18.0 Å². The minimum Gasteiger partial charge on any atom is -0.324 e. The summed E-state index contributed by atoms with van der Waals surface area (Å²) >= 11 is 0. The van der Waals surface area contributed by atoms with E-state index in [1.54, 1.807) is 48.9 Å². The van der Waals surface area contributed by atoms with Crippen LogP contribution in [-0.2, 0) is 6.18 Å². The standard InChI is InChI=1S/C31H31F3N6O/c1-3-40-15-5-7-24(19-40)21-10-11-27(25(16-21)31(32,33)34)37-29(41)22-9-8-20(2)28(17-22)39-30-36-14-12-26(38-30)23-6-4-13-35-18-23/h4,6,8-14,16-18,24H,3,5,7,15,19H2,1-2H3,(H,37,41)(H,36,38,39). The maximum atomic E-state index is 14.1. The first-order valence-corrected chi connectivity index (χ1v) is 13.6. The fraction of sp³-hybridized carbons (Fsp3) is 0.290. The largest absolute Gasteiger partial charge is 0.418 e. The SMILES string of the molecule is CCN1CCCC(c2ccc(NC(=O)c3ccc(C)c(Nc4nccc(-c5cccnc5)n4)c3)c(C(F)(F)F)c2)C1. The molecule has 212 valence electrons. The van der Waals surface area contributed by atoms with Gasteiger partial charge in [-0.25, -0.2) is 9.97 Å². The molecule has 1 fully saturated rings. The average Bonchev–Trinajstić information content (AvgIpc) is 2.98. The number of rotatable bonds is 7. The zero-order valence-electron chi connectivity index (χ0n) is 22.9. The van der Waals surface area contributed by atoms with Gasteiger partial charge < -0.3 is 15.5 Å². The van der Waals surface area contributed by atoms with Gasteiger partial charge >= 0.3 is 6.18 Å². The number of piperidine rings is 1. The van der Waals surface area contributed by atoms with Gasteiger partial charge in [-0.1, -0.05) is 19.1 Å². The minimum atomic E-state index is -4.62. The molecule has 0 aliphatic carbocycles. The smallest absolute Gasteiger partial charge is 0.324 e. The summed E-state index contributed by atoms with van der Waals surface area (Å²) in [5.41, 5.74) is 2.59. The van der Waals surface area contributed by atoms with Crippen LogP contribution in [0, 0.1) is 6.92 Å². The highest BCUT2D eigenvalue weighted by Crippen LogP contribution is 2.38. The van der Waals surface area contributed by atoms with Crippen molar-refractivity contribution in [3.63, 3.8) is 0 Å². The van der Waals surface area contributed by atoms with Crippen molar-refractivity contribution in [1.29, 1.82) is 0 Å². The third kappa shape index (κ3) is 6.71. The molecule has 10 heteroatoms. The molecular formula is C31H31F3N6O. The highest BCUT2D eigenvalue weighted by molar-refractivity contribution is 6.05. The van der Waals surface area contributed by atoms with E-state index < -0.39 is 17.6 Å². The number of likely N-dealkylation sites (N-methyl/N-ethyl adjacent to an activating group) is 1. The number of likely N-dealkylation sites (tertiary alicyclic amines) is 1. The molecule has 41 heavy (non-hydrogen) atoms. The Morgan fingerprint density at radius 3 is 2.68 bits per heavy atom. The molecule has 5 rings (SSSR count). The first kappa shape index (κ1) is 28.2. The number of hydrogen-bond acceptors (Lipinski definition) is 6. The Bertz CT molecular complexity index is 1530. The summed E-state index contributed by atoms with van der Waals surface area (Å²) in [5.74, 6) is -0.309. The first-order chi connectivity index (χ1) is 19.7. The zero-order valence-corrected chi connectivity index (χ0v) is 22.9. The second kappa shape index (κ2) is 12.1. The van der Waals surface area contributed by atoms with Gasteiger partial charge in [0, 0.05) is 41.9 Å². The van der Waals surface area contributed by atoms with Crippen LogP contribution in [0.25, 0.3) is 11.3 Å². The highest BCUT2D eigenvalue weighted by Gasteiger charge is 2.35. The normalized spacial score (nSPS) is 15.9. The van der Waals surface area contributed by atoms with Gasteiger partial charge in [0.15, 0.2) is 0 Å². The van der Waals surface area contributed by atoms with Gasteiger partial charge in [-0.3, -0.25) is 9.78 Å². The van der Waals surface area contributed by atoms with Gasteiger partial charge in [-0.15, -0.1) is 0 Å². The Balaban J connectivity index is 1.36. The molecule has 1 saturated heterocycles. The van der Waals surface area contributed by atoms with Crippen molar-refractivity contribution in [2.75, 3.05) is 30.3 Å². The van der Waals surface area contributed by atoms with E-state index in [4.69, 9.17) is 0 Å². The fourth-order valence-electron chi connectivity index (χ4n) is 5.08. The van der Waals surface area contributed by atoms with Crippen molar-refractivity contribution >= 4 is 23.2 Å². The fourth-order valence-corrected chi connectivity index (χ4v) is 5.08. The number of nitrogens with zero attached hydrogens (tertiary/aromatic N) is 4. The summed E-state index contributed by atoms with van der Waals surface area (Å²) in [4.78, 5) is 28.3. The Morgan fingerprint density at radius 2 is 1.93 bits per heavy atom. The lowest BCUT2D eigenvalue weighted by Gasteiger charge is -2.32. The Hall–Kier alpha value is -4.31. The number of nitrogens with one attached hydrogen (secondary N) is 2. The molecule has 1 amide bonds. The van der Waals surface area contributed by atoms with E-state index in [1.807, 2.05) is 19.1 Å². The quantitative estimate of drug-likeness (QED) is 0.252. The first-order valence-electron chi connectivity index (χ1n) is 13.6. The van der Waals surface area contributed by atoms with Crippen LogP contribution in [0.1, 0.15) is 52.7 Å². The van der Waals surface area contributed by atoms with Crippen molar-refractivity contribution in [3.8, 4) is 11.3 Å². The number of carbonyl (C=O) groups is 1. The van der Waals surface area contributed by atoms with Crippen molar-refractivity contribution in [3.05, 3.63) is 95.4 Å². The minimum absolute atomic E-state index is 0.0270. The molecule has 1 unspecified atom stereocenters. The lowest BCUT2D eigenvalue weighted by Crippen LogP contribution is -2.34. The molecule has 0 saturated carbocycles. The summed E-state index contributed by atoms with van der Waals surface area (Å²) in [6.07, 6.45) is 2.15. The van der Waals surface area contributed by atoms with E-state index in [-0.39, 0.29) is 17.2 Å². The molecule has 4 aromatic rings. The molecule has 2 N–H and O–H groups in total. The third-order valence-electron chi connectivity index (χ3n) is 7.38. The Labute approximate surface area is 236 Å². The second-order valence-electron chi connectivity index (χ2n) is 10.2. The van der Waals surface area contributed by atoms with Crippen molar-refractivity contribution in [2.24, 2.45) is 0 Å². The van der Waals surface area contributed by atoms with Gasteiger partial charge in [0.1, 0.15) is 0 Å². The molecule has 1 aliphatic heterocycles. The van der Waals surface area contributed by atoms with Gasteiger partial charge in [-0.05, 0) is 92.4 Å². The number of hydrogen-bond donors (Lipinski definition) is 2. The molecule has 2 aromatic carbocycles. The summed E-state index contributed by atoms with van der Waals surface area (Å²) in [5, 5.41) is 5.61. The maximum absolute atomic E-state index is 14.1. The number of amides is 1. The zero-order chi connectivity index (χ0) is 29.0. The number of anilines is 3. The van der Waals surface area contributed by atoms with Crippen molar-refractivity contribution in [1.82, 2.24) is 19.9 Å². The van der Waals surface area contributed by atoms with E-state index in [1.165, 1.54) is 12.1 Å². The van der Waals surface area contributed by atoms with Gasteiger partial charge in [0.25, 0.3) is 5.91 Å². The monoisotopic (exact) mass is 560 g/mol. The van der Waals surface area contributed by atoms with E-state index in [2.05, 4.69) is 37.4 Å². The molecule has 1 aliphatic rings.